The molecule has 0 atom stereocenters. The number of amides is 1. The summed E-state index contributed by atoms with van der Waals surface area (Å²) in [5.41, 5.74) is 8.60. The maximum absolute atomic E-state index is 11.6. The van der Waals surface area contributed by atoms with E-state index in [0.29, 0.717) is 17.6 Å². The van der Waals surface area contributed by atoms with Crippen molar-refractivity contribution in [3.63, 3.8) is 0 Å². The Hall–Kier alpha value is -2.43. The molecule has 2 aromatic rings. The number of carbonyl (C=O) groups excluding carboxylic acids is 1. The van der Waals surface area contributed by atoms with Crippen LogP contribution in [0.4, 0.5) is 5.95 Å². The Balaban J connectivity index is 2.50. The molecule has 0 saturated heterocycles. The number of rotatable bonds is 6. The van der Waals surface area contributed by atoms with Crippen molar-refractivity contribution in [2.45, 2.75) is 33.6 Å². The van der Waals surface area contributed by atoms with Gasteiger partial charge in [-0.3, -0.25) is 4.79 Å². The smallest absolute Gasteiger partial charge is 0.267 e. The zero-order valence-corrected chi connectivity index (χ0v) is 14.2. The number of benzene rings is 1. The maximum atomic E-state index is 11.6. The highest BCUT2D eigenvalue weighted by molar-refractivity contribution is 5.92. The van der Waals surface area contributed by atoms with Crippen LogP contribution in [0.5, 0.6) is 0 Å². The van der Waals surface area contributed by atoms with Gasteiger partial charge < -0.3 is 10.6 Å². The van der Waals surface area contributed by atoms with Crippen LogP contribution in [0, 0.1) is 0 Å². The van der Waals surface area contributed by atoms with Gasteiger partial charge >= 0.3 is 0 Å². The average molecular weight is 312 g/mol. The zero-order chi connectivity index (χ0) is 17.0. The van der Waals surface area contributed by atoms with Crippen LogP contribution in [0.3, 0.4) is 0 Å². The second-order valence-electron chi connectivity index (χ2n) is 5.75. The Morgan fingerprint density at radius 2 is 1.74 bits per heavy atom. The maximum Gasteiger partial charge on any atom is 0.267 e. The molecule has 1 aromatic carbocycles. The summed E-state index contributed by atoms with van der Waals surface area (Å²) >= 11 is 0. The van der Waals surface area contributed by atoms with Gasteiger partial charge in [-0.05, 0) is 31.4 Å². The van der Waals surface area contributed by atoms with Crippen molar-refractivity contribution in [2.24, 2.45) is 5.73 Å². The summed E-state index contributed by atoms with van der Waals surface area (Å²) in [5, 5.41) is 0. The molecule has 23 heavy (non-hydrogen) atoms. The average Bonchev–Trinajstić information content (AvgIpc) is 2.55. The summed E-state index contributed by atoms with van der Waals surface area (Å²) in [7, 11) is 0. The second-order valence-corrected chi connectivity index (χ2v) is 5.75. The van der Waals surface area contributed by atoms with E-state index in [-0.39, 0.29) is 5.69 Å². The van der Waals surface area contributed by atoms with Crippen LogP contribution in [0.2, 0.25) is 0 Å². The molecule has 0 aliphatic rings. The summed E-state index contributed by atoms with van der Waals surface area (Å²) in [6.07, 6.45) is 0. The van der Waals surface area contributed by atoms with Gasteiger partial charge in [0.05, 0.1) is 5.69 Å². The highest BCUT2D eigenvalue weighted by Gasteiger charge is 2.14. The van der Waals surface area contributed by atoms with Gasteiger partial charge in [0, 0.05) is 18.7 Å². The molecule has 122 valence electrons. The first-order valence-corrected chi connectivity index (χ1v) is 8.00. The van der Waals surface area contributed by atoms with Crippen LogP contribution in [0.25, 0.3) is 11.3 Å². The fraction of sp³-hybridized carbons (Fsp3) is 0.389. The fourth-order valence-electron chi connectivity index (χ4n) is 2.40. The van der Waals surface area contributed by atoms with E-state index in [1.807, 2.05) is 30.9 Å². The van der Waals surface area contributed by atoms with E-state index < -0.39 is 5.91 Å². The molecular weight excluding hydrogens is 288 g/mol. The van der Waals surface area contributed by atoms with Gasteiger partial charge in [-0.15, -0.1) is 0 Å². The van der Waals surface area contributed by atoms with Gasteiger partial charge in [-0.25, -0.2) is 9.97 Å². The van der Waals surface area contributed by atoms with E-state index in [2.05, 4.69) is 35.9 Å². The SMILES string of the molecule is CCN(CC)c1nc(C(N)=O)cc(-c2ccc(C(C)C)cc2)n1. The van der Waals surface area contributed by atoms with E-state index >= 15 is 0 Å². The Morgan fingerprint density at radius 3 is 2.22 bits per heavy atom. The number of hydrogen-bond donors (Lipinski definition) is 1. The van der Waals surface area contributed by atoms with Crippen LogP contribution < -0.4 is 10.6 Å². The molecule has 0 radical (unpaired) electrons. The molecular formula is C18H24N4O. The molecule has 2 rings (SSSR count). The van der Waals surface area contributed by atoms with Crippen LogP contribution >= 0.6 is 0 Å². The second kappa shape index (κ2) is 7.22. The van der Waals surface area contributed by atoms with Crippen molar-refractivity contribution in [1.29, 1.82) is 0 Å². The standard InChI is InChI=1S/C18H24N4O/c1-5-22(6-2)18-20-15(11-16(21-18)17(19)23)14-9-7-13(8-10-14)12(3)4/h7-12H,5-6H2,1-4H3,(H2,19,23). The monoisotopic (exact) mass is 312 g/mol. The van der Waals surface area contributed by atoms with Crippen LogP contribution in [-0.4, -0.2) is 29.0 Å². The Morgan fingerprint density at radius 1 is 1.13 bits per heavy atom. The molecule has 0 saturated carbocycles. The normalized spacial score (nSPS) is 10.8. The number of primary amides is 1. The lowest BCUT2D eigenvalue weighted by molar-refractivity contribution is 0.0995. The molecule has 0 unspecified atom stereocenters. The van der Waals surface area contributed by atoms with Gasteiger partial charge in [-0.1, -0.05) is 38.1 Å². The minimum absolute atomic E-state index is 0.241. The first-order valence-electron chi connectivity index (χ1n) is 8.00. The molecule has 5 nitrogen and oxygen atoms in total. The molecule has 0 bridgehead atoms. The van der Waals surface area contributed by atoms with Crippen LogP contribution in [0.15, 0.2) is 30.3 Å². The highest BCUT2D eigenvalue weighted by Crippen LogP contribution is 2.23. The predicted molar refractivity (Wildman–Crippen MR) is 93.6 cm³/mol. The number of nitrogens with zero attached hydrogens (tertiary/aromatic N) is 3. The lowest BCUT2D eigenvalue weighted by Gasteiger charge is -2.19. The number of carbonyl (C=O) groups is 1. The van der Waals surface area contributed by atoms with E-state index in [1.54, 1.807) is 6.07 Å². The van der Waals surface area contributed by atoms with Crippen LogP contribution in [0.1, 0.15) is 49.7 Å². The molecule has 1 heterocycles. The summed E-state index contributed by atoms with van der Waals surface area (Å²) in [5.74, 6) is 0.469. The van der Waals surface area contributed by atoms with E-state index in [9.17, 15) is 4.79 Å². The third kappa shape index (κ3) is 3.86. The molecule has 0 spiro atoms. The van der Waals surface area contributed by atoms with E-state index in [4.69, 9.17) is 5.73 Å². The molecule has 1 aromatic heterocycles. The van der Waals surface area contributed by atoms with Crippen molar-refractivity contribution in [2.75, 3.05) is 18.0 Å². The summed E-state index contributed by atoms with van der Waals surface area (Å²) in [6, 6.07) is 9.87. The molecule has 0 aliphatic carbocycles. The Kier molecular flexibility index (Phi) is 5.32. The van der Waals surface area contributed by atoms with Gasteiger partial charge in [0.15, 0.2) is 0 Å². The summed E-state index contributed by atoms with van der Waals surface area (Å²) in [6.45, 7) is 9.91. The van der Waals surface area contributed by atoms with E-state index in [0.717, 1.165) is 18.7 Å². The largest absolute Gasteiger partial charge is 0.364 e. The number of anilines is 1. The van der Waals surface area contributed by atoms with Crippen molar-refractivity contribution in [3.8, 4) is 11.3 Å². The van der Waals surface area contributed by atoms with Crippen LogP contribution in [-0.2, 0) is 0 Å². The van der Waals surface area contributed by atoms with Gasteiger partial charge in [0.25, 0.3) is 5.91 Å². The molecule has 5 heteroatoms. The first kappa shape index (κ1) is 16.9. The third-order valence-corrected chi connectivity index (χ3v) is 3.89. The van der Waals surface area contributed by atoms with Gasteiger partial charge in [0.2, 0.25) is 5.95 Å². The quantitative estimate of drug-likeness (QED) is 0.889. The minimum Gasteiger partial charge on any atom is -0.364 e. The molecule has 1 amide bonds. The number of nitrogens with two attached hydrogens (primary N) is 1. The van der Waals surface area contributed by atoms with Gasteiger partial charge in [-0.2, -0.15) is 0 Å². The highest BCUT2D eigenvalue weighted by atomic mass is 16.1. The van der Waals surface area contributed by atoms with E-state index in [1.165, 1.54) is 5.56 Å². The number of aromatic nitrogens is 2. The molecule has 2 N–H and O–H groups in total. The van der Waals surface area contributed by atoms with Crippen molar-refractivity contribution in [3.05, 3.63) is 41.6 Å². The summed E-state index contributed by atoms with van der Waals surface area (Å²) in [4.78, 5) is 22.5. The van der Waals surface area contributed by atoms with Crippen molar-refractivity contribution >= 4 is 11.9 Å². The molecule has 0 aliphatic heterocycles. The van der Waals surface area contributed by atoms with Gasteiger partial charge in [0.1, 0.15) is 5.69 Å². The topological polar surface area (TPSA) is 72.1 Å². The van der Waals surface area contributed by atoms with Crippen molar-refractivity contribution in [1.82, 2.24) is 9.97 Å². The third-order valence-electron chi connectivity index (χ3n) is 3.89. The lowest BCUT2D eigenvalue weighted by atomic mass is 10.0. The first-order chi connectivity index (χ1) is 11.0. The predicted octanol–water partition coefficient (Wildman–Crippen LogP) is 3.21. The summed E-state index contributed by atoms with van der Waals surface area (Å²) < 4.78 is 0. The van der Waals surface area contributed by atoms with Crippen molar-refractivity contribution < 1.29 is 4.79 Å². The lowest BCUT2D eigenvalue weighted by Crippen LogP contribution is -2.26. The number of hydrogen-bond acceptors (Lipinski definition) is 4. The zero-order valence-electron chi connectivity index (χ0n) is 14.2. The Labute approximate surface area is 137 Å². The minimum atomic E-state index is -0.541. The fourth-order valence-corrected chi connectivity index (χ4v) is 2.40. The molecule has 0 fully saturated rings. The Bertz CT molecular complexity index is 676.